The molecule has 0 bridgehead atoms. The second-order valence-corrected chi connectivity index (χ2v) is 5.01. The average molecular weight is 262 g/mol. The summed E-state index contributed by atoms with van der Waals surface area (Å²) < 4.78 is 0. The predicted octanol–water partition coefficient (Wildman–Crippen LogP) is 1.96. The van der Waals surface area contributed by atoms with Gasteiger partial charge in [-0.05, 0) is 44.1 Å². The van der Waals surface area contributed by atoms with Gasteiger partial charge in [-0.2, -0.15) is 0 Å². The summed E-state index contributed by atoms with van der Waals surface area (Å²) in [5.74, 6) is -0.836. The fourth-order valence-electron chi connectivity index (χ4n) is 2.76. The van der Waals surface area contributed by atoms with Gasteiger partial charge in [0.05, 0.1) is 5.56 Å². The monoisotopic (exact) mass is 262 g/mol. The van der Waals surface area contributed by atoms with Crippen molar-refractivity contribution in [2.24, 2.45) is 0 Å². The Balaban J connectivity index is 2.11. The van der Waals surface area contributed by atoms with Crippen molar-refractivity contribution in [1.82, 2.24) is 10.2 Å². The van der Waals surface area contributed by atoms with Crippen LogP contribution < -0.4 is 5.32 Å². The molecule has 1 aliphatic rings. The summed E-state index contributed by atoms with van der Waals surface area (Å²) in [6.07, 6.45) is 2.28. The molecule has 0 aromatic heterocycles. The minimum Gasteiger partial charge on any atom is -0.478 e. The van der Waals surface area contributed by atoms with Gasteiger partial charge < -0.3 is 10.4 Å². The van der Waals surface area contributed by atoms with E-state index in [-0.39, 0.29) is 0 Å². The molecule has 1 aromatic carbocycles. The summed E-state index contributed by atoms with van der Waals surface area (Å²) in [7, 11) is 0. The lowest BCUT2D eigenvalue weighted by molar-refractivity contribution is 0.0693. The van der Waals surface area contributed by atoms with Crippen LogP contribution in [0.4, 0.5) is 0 Å². The first kappa shape index (κ1) is 14.0. The summed E-state index contributed by atoms with van der Waals surface area (Å²) in [5, 5.41) is 12.6. The lowest BCUT2D eigenvalue weighted by atomic mass is 10.0. The third kappa shape index (κ3) is 3.55. The van der Waals surface area contributed by atoms with E-state index in [1.807, 2.05) is 12.1 Å². The molecule has 2 N–H and O–H groups in total. The van der Waals surface area contributed by atoms with Gasteiger partial charge in [-0.15, -0.1) is 0 Å². The number of hydrogen-bond acceptors (Lipinski definition) is 3. The molecule has 0 unspecified atom stereocenters. The van der Waals surface area contributed by atoms with Gasteiger partial charge in [0.1, 0.15) is 0 Å². The number of carboxylic acids is 1. The van der Waals surface area contributed by atoms with E-state index >= 15 is 0 Å². The van der Waals surface area contributed by atoms with Crippen LogP contribution in [0.1, 0.15) is 35.7 Å². The van der Waals surface area contributed by atoms with Gasteiger partial charge in [0.15, 0.2) is 0 Å². The second kappa shape index (κ2) is 6.68. The van der Waals surface area contributed by atoms with Crippen LogP contribution in [0.2, 0.25) is 0 Å². The van der Waals surface area contributed by atoms with Crippen molar-refractivity contribution >= 4 is 5.97 Å². The zero-order valence-electron chi connectivity index (χ0n) is 11.4. The van der Waals surface area contributed by atoms with Gasteiger partial charge in [0.25, 0.3) is 0 Å². The minimum absolute atomic E-state index is 0.426. The van der Waals surface area contributed by atoms with Crippen molar-refractivity contribution in [3.05, 3.63) is 35.4 Å². The first-order chi connectivity index (χ1) is 9.22. The number of benzene rings is 1. The highest BCUT2D eigenvalue weighted by molar-refractivity contribution is 5.89. The van der Waals surface area contributed by atoms with Crippen LogP contribution >= 0.6 is 0 Å². The molecule has 0 aliphatic carbocycles. The van der Waals surface area contributed by atoms with Crippen molar-refractivity contribution < 1.29 is 9.90 Å². The molecule has 1 saturated heterocycles. The number of rotatable bonds is 5. The van der Waals surface area contributed by atoms with E-state index in [0.717, 1.165) is 44.6 Å². The molecule has 1 aromatic rings. The molecule has 0 spiro atoms. The SMILES string of the molecule is CCN(Cc1ccccc1C(=O)O)C1CCNCC1. The zero-order valence-corrected chi connectivity index (χ0v) is 11.4. The van der Waals surface area contributed by atoms with Crippen LogP contribution in [0.3, 0.4) is 0 Å². The molecule has 1 heterocycles. The van der Waals surface area contributed by atoms with E-state index in [0.29, 0.717) is 11.6 Å². The highest BCUT2D eigenvalue weighted by Crippen LogP contribution is 2.17. The van der Waals surface area contributed by atoms with E-state index in [1.165, 1.54) is 0 Å². The Morgan fingerprint density at radius 2 is 2.05 bits per heavy atom. The number of nitrogens with zero attached hydrogens (tertiary/aromatic N) is 1. The molecule has 2 rings (SSSR count). The third-order valence-corrected chi connectivity index (χ3v) is 3.85. The predicted molar refractivity (Wildman–Crippen MR) is 75.4 cm³/mol. The largest absolute Gasteiger partial charge is 0.478 e. The van der Waals surface area contributed by atoms with Crippen LogP contribution in [0.25, 0.3) is 0 Å². The number of hydrogen-bond donors (Lipinski definition) is 2. The average Bonchev–Trinajstić information content (AvgIpc) is 2.46. The van der Waals surface area contributed by atoms with Crippen LogP contribution in [0, 0.1) is 0 Å². The number of aromatic carboxylic acids is 1. The number of piperidine rings is 1. The van der Waals surface area contributed by atoms with Crippen LogP contribution in [0.5, 0.6) is 0 Å². The first-order valence-corrected chi connectivity index (χ1v) is 6.98. The molecule has 0 radical (unpaired) electrons. The van der Waals surface area contributed by atoms with Crippen molar-refractivity contribution in [1.29, 1.82) is 0 Å². The Bertz CT molecular complexity index is 428. The molecule has 4 heteroatoms. The number of carboxylic acid groups (broad SMARTS) is 1. The molecule has 0 amide bonds. The number of nitrogens with one attached hydrogen (secondary N) is 1. The van der Waals surface area contributed by atoms with E-state index in [1.54, 1.807) is 12.1 Å². The van der Waals surface area contributed by atoms with Crippen molar-refractivity contribution in [2.75, 3.05) is 19.6 Å². The lowest BCUT2D eigenvalue weighted by Gasteiger charge is -2.34. The molecular weight excluding hydrogens is 240 g/mol. The first-order valence-electron chi connectivity index (χ1n) is 6.98. The van der Waals surface area contributed by atoms with E-state index in [4.69, 9.17) is 0 Å². The normalized spacial score (nSPS) is 16.7. The highest BCUT2D eigenvalue weighted by atomic mass is 16.4. The zero-order chi connectivity index (χ0) is 13.7. The molecule has 0 saturated carbocycles. The van der Waals surface area contributed by atoms with Crippen LogP contribution in [-0.2, 0) is 6.54 Å². The second-order valence-electron chi connectivity index (χ2n) is 5.01. The fraction of sp³-hybridized carbons (Fsp3) is 0.533. The van der Waals surface area contributed by atoms with E-state index in [2.05, 4.69) is 17.1 Å². The summed E-state index contributed by atoms with van der Waals surface area (Å²) in [6.45, 7) is 5.94. The Morgan fingerprint density at radius 3 is 2.68 bits per heavy atom. The Kier molecular flexibility index (Phi) is 4.93. The smallest absolute Gasteiger partial charge is 0.336 e. The maximum absolute atomic E-state index is 11.2. The third-order valence-electron chi connectivity index (χ3n) is 3.85. The molecule has 19 heavy (non-hydrogen) atoms. The van der Waals surface area contributed by atoms with Gasteiger partial charge in [0, 0.05) is 12.6 Å². The number of carbonyl (C=O) groups is 1. The molecule has 1 fully saturated rings. The van der Waals surface area contributed by atoms with Crippen molar-refractivity contribution in [3.63, 3.8) is 0 Å². The van der Waals surface area contributed by atoms with Gasteiger partial charge in [0.2, 0.25) is 0 Å². The van der Waals surface area contributed by atoms with Gasteiger partial charge in [-0.3, -0.25) is 4.90 Å². The molecular formula is C15H22N2O2. The quantitative estimate of drug-likeness (QED) is 0.851. The Morgan fingerprint density at radius 1 is 1.37 bits per heavy atom. The summed E-state index contributed by atoms with van der Waals surface area (Å²) in [4.78, 5) is 13.6. The van der Waals surface area contributed by atoms with Crippen LogP contribution in [-0.4, -0.2) is 41.7 Å². The Labute approximate surface area is 114 Å². The summed E-state index contributed by atoms with van der Waals surface area (Å²) in [5.41, 5.74) is 1.34. The van der Waals surface area contributed by atoms with E-state index in [9.17, 15) is 9.90 Å². The molecule has 4 nitrogen and oxygen atoms in total. The summed E-state index contributed by atoms with van der Waals surface area (Å²) in [6, 6.07) is 7.88. The van der Waals surface area contributed by atoms with Gasteiger partial charge >= 0.3 is 5.97 Å². The summed E-state index contributed by atoms with van der Waals surface area (Å²) >= 11 is 0. The molecule has 104 valence electrons. The Hall–Kier alpha value is -1.39. The molecule has 1 aliphatic heterocycles. The topological polar surface area (TPSA) is 52.6 Å². The van der Waals surface area contributed by atoms with E-state index < -0.39 is 5.97 Å². The van der Waals surface area contributed by atoms with Crippen LogP contribution in [0.15, 0.2) is 24.3 Å². The van der Waals surface area contributed by atoms with Gasteiger partial charge in [-0.25, -0.2) is 4.79 Å². The molecule has 0 atom stereocenters. The lowest BCUT2D eigenvalue weighted by Crippen LogP contribution is -2.42. The fourth-order valence-corrected chi connectivity index (χ4v) is 2.76. The maximum Gasteiger partial charge on any atom is 0.336 e. The van der Waals surface area contributed by atoms with Gasteiger partial charge in [-0.1, -0.05) is 25.1 Å². The maximum atomic E-state index is 11.2. The highest BCUT2D eigenvalue weighted by Gasteiger charge is 2.21. The van der Waals surface area contributed by atoms with Crippen molar-refractivity contribution in [3.8, 4) is 0 Å². The minimum atomic E-state index is -0.836. The van der Waals surface area contributed by atoms with Crippen molar-refractivity contribution in [2.45, 2.75) is 32.4 Å². The standard InChI is InChI=1S/C15H22N2O2/c1-2-17(13-7-9-16-10-8-13)11-12-5-3-4-6-14(12)15(18)19/h3-6,13,16H,2,7-11H2,1H3,(H,18,19).